The maximum atomic E-state index is 7.88. The van der Waals surface area contributed by atoms with Crippen molar-refractivity contribution in [3.05, 3.63) is 9.71 Å². The van der Waals surface area contributed by atoms with E-state index < -0.39 is 8.80 Å². The summed E-state index contributed by atoms with van der Waals surface area (Å²) in [6, 6.07) is 0. The van der Waals surface area contributed by atoms with Gasteiger partial charge in [-0.1, -0.05) is 10.2 Å². The largest absolute Gasteiger partial charge is 0.496 e. The van der Waals surface area contributed by atoms with Crippen LogP contribution in [0.3, 0.4) is 0 Å². The van der Waals surface area contributed by atoms with E-state index in [4.69, 9.17) is 23.5 Å². The second-order valence-electron chi connectivity index (χ2n) is 1.54. The Labute approximate surface area is 65.9 Å². The molecule has 0 N–H and O–H groups in total. The van der Waals surface area contributed by atoms with Crippen LogP contribution in [0.4, 0.5) is 0 Å². The van der Waals surface area contributed by atoms with Crippen LogP contribution in [0.1, 0.15) is 0 Å². The molecule has 0 saturated carbocycles. The van der Waals surface area contributed by atoms with Gasteiger partial charge in [0.05, 0.1) is 0 Å². The van der Waals surface area contributed by atoms with Crippen LogP contribution in [-0.4, -0.2) is 30.1 Å². The molecule has 0 aromatic rings. The summed E-state index contributed by atoms with van der Waals surface area (Å²) in [7, 11) is 2.58. The van der Waals surface area contributed by atoms with E-state index in [1.165, 1.54) is 0 Å². The van der Waals surface area contributed by atoms with Crippen molar-refractivity contribution in [2.45, 2.75) is 6.55 Å². The lowest BCUT2D eigenvalue weighted by Gasteiger charge is -2.18. The van der Waals surface area contributed by atoms with Crippen molar-refractivity contribution in [2.24, 2.45) is 0 Å². The van der Waals surface area contributed by atoms with Crippen LogP contribution in [0.15, 0.2) is 0 Å². The number of hydrogen-bond acceptors (Lipinski definition) is 5. The van der Waals surface area contributed by atoms with Crippen LogP contribution < -0.4 is 5.26 Å². The fourth-order valence-corrected chi connectivity index (χ4v) is 0.750. The fourth-order valence-electron chi connectivity index (χ4n) is 0.250. The van der Waals surface area contributed by atoms with Crippen LogP contribution in [0.25, 0.3) is 0 Å². The third kappa shape index (κ3) is 7.39. The molecule has 6 nitrogen and oxygen atoms in total. The third-order valence-electron chi connectivity index (χ3n) is 1.11. The van der Waals surface area contributed by atoms with Crippen LogP contribution in [0, 0.1) is 9.71 Å². The van der Waals surface area contributed by atoms with E-state index in [2.05, 4.69) is 0 Å². The monoisotopic (exact) mass is 184 g/mol. The van der Waals surface area contributed by atoms with Gasteiger partial charge in [-0.3, -0.25) is 0 Å². The molecule has 0 spiro atoms. The lowest BCUT2D eigenvalue weighted by molar-refractivity contribution is -0.284. The maximum Gasteiger partial charge on any atom is 0.496 e. The predicted molar refractivity (Wildman–Crippen MR) is 39.4 cm³/mol. The van der Waals surface area contributed by atoms with Crippen molar-refractivity contribution in [2.75, 3.05) is 21.3 Å². The van der Waals surface area contributed by atoms with Gasteiger partial charge >= 0.3 is 8.80 Å². The zero-order valence-corrected chi connectivity index (χ0v) is 7.95. The number of hydrogen-bond donors (Lipinski definition) is 0. The van der Waals surface area contributed by atoms with Crippen LogP contribution in [-0.2, 0) is 13.3 Å². The van der Waals surface area contributed by atoms with Gasteiger partial charge in [0.1, 0.15) is 0 Å². The van der Waals surface area contributed by atoms with E-state index in [0.717, 1.165) is 0 Å². The first-order valence-corrected chi connectivity index (χ1v) is 4.90. The number of rotatable bonds is 3. The Kier molecular flexibility index (Phi) is 9.06. The second-order valence-corrected chi connectivity index (χ2v) is 4.49. The first-order chi connectivity index (χ1) is 5.10. The Hall–Kier alpha value is -0.503. The average molecular weight is 184 g/mol. The average Bonchev–Trinajstić information content (AvgIpc) is 2.05. The Morgan fingerprint density at radius 1 is 1.18 bits per heavy atom. The molecule has 0 aliphatic rings. The molecular formula is C4H12O6Si. The maximum absolute atomic E-state index is 7.88. The Morgan fingerprint density at radius 2 is 1.36 bits per heavy atom. The molecule has 0 bridgehead atoms. The summed E-state index contributed by atoms with van der Waals surface area (Å²) < 4.78 is 16.5. The SMILES string of the molecule is CO[Si](C)(OC)OC.O=[O+][O-]. The van der Waals surface area contributed by atoms with Crippen molar-refractivity contribution in [1.82, 2.24) is 0 Å². The van der Waals surface area contributed by atoms with Crippen LogP contribution in [0.2, 0.25) is 6.55 Å². The zero-order chi connectivity index (χ0) is 9.33. The summed E-state index contributed by atoms with van der Waals surface area (Å²) in [5, 5.41) is 7.88. The molecule has 0 fully saturated rings. The minimum Gasteiger partial charge on any atom is -0.377 e. The molecule has 0 rings (SSSR count). The molecule has 11 heavy (non-hydrogen) atoms. The van der Waals surface area contributed by atoms with Gasteiger partial charge in [-0.05, 0) is 0 Å². The van der Waals surface area contributed by atoms with E-state index in [1.54, 1.807) is 26.1 Å². The molecule has 0 atom stereocenters. The van der Waals surface area contributed by atoms with Gasteiger partial charge in [-0.25, -0.2) is 0 Å². The van der Waals surface area contributed by atoms with Crippen molar-refractivity contribution in [1.29, 1.82) is 0 Å². The van der Waals surface area contributed by atoms with E-state index in [1.807, 2.05) is 6.55 Å². The Balaban J connectivity index is 0. The predicted octanol–water partition coefficient (Wildman–Crippen LogP) is -0.628. The minimum atomic E-state index is -2.17. The topological polar surface area (TPSA) is 79.1 Å². The lowest BCUT2D eigenvalue weighted by atomic mass is 11.8. The highest BCUT2D eigenvalue weighted by Gasteiger charge is 2.29. The van der Waals surface area contributed by atoms with Crippen molar-refractivity contribution < 1.29 is 18.5 Å². The van der Waals surface area contributed by atoms with Gasteiger partial charge in [0.25, 0.3) is 0 Å². The summed E-state index contributed by atoms with van der Waals surface area (Å²) >= 11 is 0. The second kappa shape index (κ2) is 7.60. The Bertz CT molecular complexity index is 84.3. The summed E-state index contributed by atoms with van der Waals surface area (Å²) in [4.78, 5) is 7.88. The summed E-state index contributed by atoms with van der Waals surface area (Å²) in [6.07, 6.45) is 0. The molecule has 68 valence electrons. The van der Waals surface area contributed by atoms with Gasteiger partial charge in [0, 0.05) is 27.9 Å². The molecule has 0 unspecified atom stereocenters. The zero-order valence-electron chi connectivity index (χ0n) is 6.95. The fraction of sp³-hybridized carbons (Fsp3) is 1.00. The quantitative estimate of drug-likeness (QED) is 0.252. The van der Waals surface area contributed by atoms with E-state index in [0.29, 0.717) is 0 Å². The highest BCUT2D eigenvalue weighted by Crippen LogP contribution is 2.02. The molecule has 0 aromatic heterocycles. The molecule has 7 heteroatoms. The molecule has 0 heterocycles. The van der Waals surface area contributed by atoms with Crippen LogP contribution >= 0.6 is 0 Å². The summed E-state index contributed by atoms with van der Waals surface area (Å²) in [5.74, 6) is 0. The van der Waals surface area contributed by atoms with Gasteiger partial charge < -0.3 is 13.3 Å². The Morgan fingerprint density at radius 3 is 1.36 bits per heavy atom. The third-order valence-corrected chi connectivity index (χ3v) is 3.34. The van der Waals surface area contributed by atoms with E-state index >= 15 is 0 Å². The molecule has 0 aromatic carbocycles. The van der Waals surface area contributed by atoms with Crippen molar-refractivity contribution >= 4 is 8.80 Å². The summed E-state index contributed by atoms with van der Waals surface area (Å²) in [5.41, 5.74) is 0. The first kappa shape index (κ1) is 13.1. The van der Waals surface area contributed by atoms with Crippen molar-refractivity contribution in [3.8, 4) is 0 Å². The smallest absolute Gasteiger partial charge is 0.377 e. The standard InChI is InChI=1S/C4H12O3Si.O3/c1-5-8(4,6-2)7-3;1-3-2/h1-4H3;. The molecule has 0 amide bonds. The van der Waals surface area contributed by atoms with E-state index in [9.17, 15) is 0 Å². The first-order valence-electron chi connectivity index (χ1n) is 2.67. The normalized spacial score (nSPS) is 9.82. The molecule has 0 aliphatic heterocycles. The lowest BCUT2D eigenvalue weighted by Crippen LogP contribution is -2.38. The van der Waals surface area contributed by atoms with Gasteiger partial charge in [-0.15, -0.1) is 0 Å². The van der Waals surface area contributed by atoms with Crippen LogP contribution in [0.5, 0.6) is 0 Å². The van der Waals surface area contributed by atoms with Gasteiger partial charge in [0.15, 0.2) is 4.75 Å². The molecule has 0 radical (unpaired) electrons. The molecular weight excluding hydrogens is 172 g/mol. The molecule has 0 aliphatic carbocycles. The van der Waals surface area contributed by atoms with Gasteiger partial charge in [0.2, 0.25) is 0 Å². The highest BCUT2D eigenvalue weighted by atomic mass is 28.4. The van der Waals surface area contributed by atoms with E-state index in [-0.39, 0.29) is 0 Å². The minimum absolute atomic E-state index is 1.58. The summed E-state index contributed by atoms with van der Waals surface area (Å²) in [6.45, 7) is 1.83. The van der Waals surface area contributed by atoms with Gasteiger partial charge in [-0.2, -0.15) is 0 Å². The molecule has 0 saturated heterocycles. The van der Waals surface area contributed by atoms with Crippen molar-refractivity contribution in [3.63, 3.8) is 0 Å². The highest BCUT2D eigenvalue weighted by molar-refractivity contribution is 6.58.